The molecular formula is C15H21BrN2O2S. The van der Waals surface area contributed by atoms with E-state index in [9.17, 15) is 9.59 Å². The lowest BCUT2D eigenvalue weighted by molar-refractivity contribution is -0.151. The minimum atomic E-state index is -0.413. The zero-order chi connectivity index (χ0) is 15.6. The van der Waals surface area contributed by atoms with Crippen LogP contribution in [0.2, 0.25) is 0 Å². The lowest BCUT2D eigenvalue weighted by Crippen LogP contribution is -2.64. The summed E-state index contributed by atoms with van der Waals surface area (Å²) < 4.78 is 1.00. The normalized spacial score (nSPS) is 22.8. The second kappa shape index (κ2) is 6.92. The number of rotatable bonds is 5. The first kappa shape index (κ1) is 16.5. The van der Waals surface area contributed by atoms with Crippen molar-refractivity contribution in [2.75, 3.05) is 0 Å². The summed E-state index contributed by atoms with van der Waals surface area (Å²) in [6.07, 6.45) is 1.57. The smallest absolute Gasteiger partial charge is 0.246 e. The summed E-state index contributed by atoms with van der Waals surface area (Å²) in [6, 6.07) is 1.21. The van der Waals surface area contributed by atoms with Crippen LogP contribution in [0.4, 0.5) is 0 Å². The molecule has 6 heteroatoms. The number of hydrogen-bond acceptors (Lipinski definition) is 3. The van der Waals surface area contributed by atoms with Gasteiger partial charge in [-0.2, -0.15) is 0 Å². The third kappa shape index (κ3) is 3.48. The molecular weight excluding hydrogens is 352 g/mol. The first-order chi connectivity index (χ1) is 9.95. The van der Waals surface area contributed by atoms with E-state index in [2.05, 4.69) is 21.2 Å². The molecule has 2 unspecified atom stereocenters. The number of piperazine rings is 1. The Hall–Kier alpha value is -0.880. The zero-order valence-corrected chi connectivity index (χ0v) is 15.0. The van der Waals surface area contributed by atoms with Gasteiger partial charge in [-0.1, -0.05) is 27.2 Å². The molecule has 2 amide bonds. The van der Waals surface area contributed by atoms with E-state index in [1.807, 2.05) is 32.2 Å². The van der Waals surface area contributed by atoms with Gasteiger partial charge in [0.05, 0.1) is 6.54 Å². The summed E-state index contributed by atoms with van der Waals surface area (Å²) in [5.74, 6) is 0.101. The van der Waals surface area contributed by atoms with Crippen LogP contribution in [0.5, 0.6) is 0 Å². The van der Waals surface area contributed by atoms with Crippen LogP contribution in [0.3, 0.4) is 0 Å². The van der Waals surface area contributed by atoms with Gasteiger partial charge in [0.15, 0.2) is 0 Å². The average molecular weight is 373 g/mol. The van der Waals surface area contributed by atoms with Crippen LogP contribution in [-0.4, -0.2) is 28.8 Å². The molecule has 0 bridgehead atoms. The molecule has 0 aromatic carbocycles. The Kier molecular flexibility index (Phi) is 5.43. The highest BCUT2D eigenvalue weighted by molar-refractivity contribution is 9.10. The van der Waals surface area contributed by atoms with E-state index in [-0.39, 0.29) is 23.8 Å². The summed E-state index contributed by atoms with van der Waals surface area (Å²) in [5, 5.41) is 4.87. The molecule has 0 spiro atoms. The number of hydrogen-bond donors (Lipinski definition) is 1. The fourth-order valence-corrected chi connectivity index (χ4v) is 4.05. The largest absolute Gasteiger partial charge is 0.342 e. The maximum absolute atomic E-state index is 12.7. The number of halogens is 1. The van der Waals surface area contributed by atoms with Crippen LogP contribution in [-0.2, 0) is 16.1 Å². The first-order valence-corrected chi connectivity index (χ1v) is 8.95. The van der Waals surface area contributed by atoms with Gasteiger partial charge in [-0.05, 0) is 39.7 Å². The van der Waals surface area contributed by atoms with Crippen molar-refractivity contribution in [1.29, 1.82) is 0 Å². The SMILES string of the molecule is CCCC1C(=O)NC(C(C)C)C(=O)N1Cc1sccc1Br. The van der Waals surface area contributed by atoms with Crippen molar-refractivity contribution >= 4 is 39.1 Å². The molecule has 4 nitrogen and oxygen atoms in total. The second-order valence-corrected chi connectivity index (χ2v) is 7.55. The number of nitrogens with one attached hydrogen (secondary N) is 1. The molecule has 2 rings (SSSR count). The van der Waals surface area contributed by atoms with Gasteiger partial charge < -0.3 is 10.2 Å². The summed E-state index contributed by atoms with van der Waals surface area (Å²) >= 11 is 5.11. The van der Waals surface area contributed by atoms with Crippen molar-refractivity contribution < 1.29 is 9.59 Å². The Morgan fingerprint density at radius 1 is 1.43 bits per heavy atom. The van der Waals surface area contributed by atoms with Crippen LogP contribution in [0.1, 0.15) is 38.5 Å². The fraction of sp³-hybridized carbons (Fsp3) is 0.600. The summed E-state index contributed by atoms with van der Waals surface area (Å²) in [7, 11) is 0. The van der Waals surface area contributed by atoms with Gasteiger partial charge >= 0.3 is 0 Å². The Labute approximate surface area is 138 Å². The molecule has 0 saturated carbocycles. The van der Waals surface area contributed by atoms with E-state index < -0.39 is 6.04 Å². The molecule has 1 aromatic rings. The van der Waals surface area contributed by atoms with Crippen molar-refractivity contribution in [2.45, 2.75) is 52.2 Å². The van der Waals surface area contributed by atoms with Crippen LogP contribution in [0.15, 0.2) is 15.9 Å². The summed E-state index contributed by atoms with van der Waals surface area (Å²) in [6.45, 7) is 6.45. The topological polar surface area (TPSA) is 49.4 Å². The molecule has 0 aliphatic carbocycles. The fourth-order valence-electron chi connectivity index (χ4n) is 2.58. The van der Waals surface area contributed by atoms with Gasteiger partial charge in [0, 0.05) is 9.35 Å². The van der Waals surface area contributed by atoms with Crippen molar-refractivity contribution in [3.8, 4) is 0 Å². The van der Waals surface area contributed by atoms with Crippen LogP contribution < -0.4 is 5.32 Å². The molecule has 2 atom stereocenters. The maximum Gasteiger partial charge on any atom is 0.246 e. The molecule has 1 saturated heterocycles. The number of carbonyl (C=O) groups is 2. The number of amides is 2. The van der Waals surface area contributed by atoms with Gasteiger partial charge in [0.2, 0.25) is 11.8 Å². The zero-order valence-electron chi connectivity index (χ0n) is 12.6. The third-order valence-corrected chi connectivity index (χ3v) is 5.67. The Balaban J connectivity index is 2.27. The van der Waals surface area contributed by atoms with Gasteiger partial charge in [-0.15, -0.1) is 11.3 Å². The monoisotopic (exact) mass is 372 g/mol. The predicted molar refractivity (Wildman–Crippen MR) is 88.0 cm³/mol. The summed E-state index contributed by atoms with van der Waals surface area (Å²) in [4.78, 5) is 27.9. The van der Waals surface area contributed by atoms with Crippen LogP contribution in [0, 0.1) is 5.92 Å². The quantitative estimate of drug-likeness (QED) is 0.862. The summed E-state index contributed by atoms with van der Waals surface area (Å²) in [5.41, 5.74) is 0. The minimum absolute atomic E-state index is 0.0252. The van der Waals surface area contributed by atoms with Gasteiger partial charge in [0.1, 0.15) is 12.1 Å². The minimum Gasteiger partial charge on any atom is -0.342 e. The van der Waals surface area contributed by atoms with Crippen molar-refractivity contribution in [1.82, 2.24) is 10.2 Å². The maximum atomic E-state index is 12.7. The standard InChI is InChI=1S/C15H21BrN2O2S/c1-4-5-11-14(19)17-13(9(2)3)15(20)18(11)8-12-10(16)6-7-21-12/h6-7,9,11,13H,4-5,8H2,1-3H3,(H,17,19). The molecule has 1 aliphatic rings. The molecule has 116 valence electrons. The van der Waals surface area contributed by atoms with Gasteiger partial charge in [-0.25, -0.2) is 0 Å². The van der Waals surface area contributed by atoms with E-state index in [0.29, 0.717) is 13.0 Å². The van der Waals surface area contributed by atoms with Crippen LogP contribution >= 0.6 is 27.3 Å². The lowest BCUT2D eigenvalue weighted by atomic mass is 9.96. The Morgan fingerprint density at radius 3 is 2.67 bits per heavy atom. The Bertz CT molecular complexity index is 529. The van der Waals surface area contributed by atoms with E-state index in [1.54, 1.807) is 16.2 Å². The van der Waals surface area contributed by atoms with Crippen LogP contribution in [0.25, 0.3) is 0 Å². The van der Waals surface area contributed by atoms with E-state index in [1.165, 1.54) is 0 Å². The van der Waals surface area contributed by atoms with Gasteiger partial charge in [0.25, 0.3) is 0 Å². The second-order valence-electron chi connectivity index (χ2n) is 5.69. The van der Waals surface area contributed by atoms with E-state index >= 15 is 0 Å². The number of nitrogens with zero attached hydrogens (tertiary/aromatic N) is 1. The lowest BCUT2D eigenvalue weighted by Gasteiger charge is -2.40. The van der Waals surface area contributed by atoms with Crippen molar-refractivity contribution in [3.63, 3.8) is 0 Å². The molecule has 1 aromatic heterocycles. The average Bonchev–Trinajstić information content (AvgIpc) is 2.82. The highest BCUT2D eigenvalue weighted by Gasteiger charge is 2.41. The van der Waals surface area contributed by atoms with Crippen molar-refractivity contribution in [2.24, 2.45) is 5.92 Å². The number of thiophene rings is 1. The molecule has 1 aliphatic heterocycles. The highest BCUT2D eigenvalue weighted by Crippen LogP contribution is 2.28. The molecule has 21 heavy (non-hydrogen) atoms. The predicted octanol–water partition coefficient (Wildman–Crippen LogP) is 3.16. The van der Waals surface area contributed by atoms with Gasteiger partial charge in [-0.3, -0.25) is 9.59 Å². The van der Waals surface area contributed by atoms with E-state index in [0.717, 1.165) is 15.8 Å². The first-order valence-electron chi connectivity index (χ1n) is 7.28. The third-order valence-electron chi connectivity index (χ3n) is 3.76. The Morgan fingerprint density at radius 2 is 2.14 bits per heavy atom. The molecule has 1 N–H and O–H groups in total. The van der Waals surface area contributed by atoms with Crippen molar-refractivity contribution in [3.05, 3.63) is 20.8 Å². The molecule has 1 fully saturated rings. The molecule has 0 radical (unpaired) electrons. The molecule has 2 heterocycles. The highest BCUT2D eigenvalue weighted by atomic mass is 79.9. The van der Waals surface area contributed by atoms with E-state index in [4.69, 9.17) is 0 Å². The number of carbonyl (C=O) groups excluding carboxylic acids is 2.